The molecule has 17 heavy (non-hydrogen) atoms. The average Bonchev–Trinajstić information content (AvgIpc) is 2.35. The summed E-state index contributed by atoms with van der Waals surface area (Å²) < 4.78 is 9.46. The van der Waals surface area contributed by atoms with Crippen molar-refractivity contribution >= 4 is 12.1 Å². The van der Waals surface area contributed by atoms with Gasteiger partial charge in [-0.3, -0.25) is 0 Å². The molecule has 1 amide bonds. The lowest BCUT2D eigenvalue weighted by Gasteiger charge is -2.06. The molecule has 0 fully saturated rings. The Balaban J connectivity index is 2.20. The fourth-order valence-corrected chi connectivity index (χ4v) is 1.07. The minimum absolute atomic E-state index is 0.156. The van der Waals surface area contributed by atoms with Crippen molar-refractivity contribution in [3.8, 4) is 0 Å². The van der Waals surface area contributed by atoms with Gasteiger partial charge in [0.2, 0.25) is 0 Å². The van der Waals surface area contributed by atoms with Crippen molar-refractivity contribution in [2.45, 2.75) is 13.5 Å². The van der Waals surface area contributed by atoms with E-state index in [4.69, 9.17) is 4.74 Å². The summed E-state index contributed by atoms with van der Waals surface area (Å²) in [4.78, 5) is 22.0. The molecule has 1 radical (unpaired) electrons. The lowest BCUT2D eigenvalue weighted by atomic mass is 10.2. The summed E-state index contributed by atoms with van der Waals surface area (Å²) in [5, 5.41) is 2.18. The van der Waals surface area contributed by atoms with Crippen molar-refractivity contribution < 1.29 is 19.1 Å². The first-order valence-corrected chi connectivity index (χ1v) is 5.19. The first-order chi connectivity index (χ1) is 8.22. The summed E-state index contributed by atoms with van der Waals surface area (Å²) in [5.41, 5.74) is 0.874. The molecule has 0 saturated carbocycles. The minimum Gasteiger partial charge on any atom is -0.464 e. The van der Waals surface area contributed by atoms with Crippen LogP contribution in [0.4, 0.5) is 4.79 Å². The second-order valence-electron chi connectivity index (χ2n) is 3.10. The summed E-state index contributed by atoms with van der Waals surface area (Å²) in [7, 11) is 0. The number of amides is 1. The van der Waals surface area contributed by atoms with Crippen molar-refractivity contribution in [2.24, 2.45) is 0 Å². The number of nitrogens with one attached hydrogen (secondary N) is 1. The van der Waals surface area contributed by atoms with Crippen molar-refractivity contribution in [3.63, 3.8) is 0 Å². The van der Waals surface area contributed by atoms with E-state index in [0.29, 0.717) is 0 Å². The van der Waals surface area contributed by atoms with Crippen LogP contribution in [0.1, 0.15) is 12.5 Å². The quantitative estimate of drug-likeness (QED) is 0.789. The number of ether oxygens (including phenoxy) is 2. The van der Waals surface area contributed by atoms with E-state index in [1.165, 1.54) is 0 Å². The fraction of sp³-hybridized carbons (Fsp3) is 0.250. The number of benzene rings is 1. The molecule has 0 bridgehead atoms. The first-order valence-electron chi connectivity index (χ1n) is 5.19. The molecule has 1 aromatic carbocycles. The molecule has 0 aliphatic carbocycles. The molecule has 5 heteroatoms. The molecule has 91 valence electrons. The SMILES string of the molecule is CCOC(=O)[CH]NC(=O)OCc1ccccc1. The van der Waals surface area contributed by atoms with E-state index in [1.807, 2.05) is 30.3 Å². The van der Waals surface area contributed by atoms with Gasteiger partial charge < -0.3 is 14.8 Å². The predicted molar refractivity (Wildman–Crippen MR) is 60.7 cm³/mol. The van der Waals surface area contributed by atoms with Gasteiger partial charge in [0.05, 0.1) is 6.61 Å². The van der Waals surface area contributed by atoms with Gasteiger partial charge in [0.15, 0.2) is 6.54 Å². The Labute approximate surface area is 99.7 Å². The third kappa shape index (κ3) is 5.55. The standard InChI is InChI=1S/C12H14NO4/c1-2-16-11(14)8-13-12(15)17-9-10-6-4-3-5-7-10/h3-8H,2,9H2,1H3,(H,13,15). The molecule has 1 N–H and O–H groups in total. The molecule has 0 aliphatic rings. The number of hydrogen-bond donors (Lipinski definition) is 1. The Kier molecular flexibility index (Phi) is 5.57. The Morgan fingerprint density at radius 1 is 1.24 bits per heavy atom. The summed E-state index contributed by atoms with van der Waals surface area (Å²) in [6, 6.07) is 9.24. The zero-order chi connectivity index (χ0) is 12.5. The Morgan fingerprint density at radius 3 is 2.59 bits per heavy atom. The van der Waals surface area contributed by atoms with E-state index >= 15 is 0 Å². The van der Waals surface area contributed by atoms with Gasteiger partial charge in [-0.1, -0.05) is 30.3 Å². The molecular formula is C12H14NO4. The molecular weight excluding hydrogens is 222 g/mol. The number of rotatable bonds is 5. The Morgan fingerprint density at radius 2 is 1.94 bits per heavy atom. The van der Waals surface area contributed by atoms with Gasteiger partial charge in [-0.2, -0.15) is 0 Å². The van der Waals surface area contributed by atoms with Gasteiger partial charge in [0.1, 0.15) is 6.61 Å². The molecule has 0 aliphatic heterocycles. The molecule has 5 nitrogen and oxygen atoms in total. The maximum absolute atomic E-state index is 11.2. The van der Waals surface area contributed by atoms with E-state index in [1.54, 1.807) is 6.92 Å². The third-order valence-electron chi connectivity index (χ3n) is 1.81. The number of esters is 1. The number of alkyl carbamates (subject to hydrolysis) is 1. The second kappa shape index (κ2) is 7.27. The van der Waals surface area contributed by atoms with E-state index in [2.05, 4.69) is 10.1 Å². The molecule has 0 heterocycles. The highest BCUT2D eigenvalue weighted by Gasteiger charge is 2.07. The molecule has 1 aromatic rings. The van der Waals surface area contributed by atoms with Crippen molar-refractivity contribution in [1.29, 1.82) is 0 Å². The van der Waals surface area contributed by atoms with Crippen molar-refractivity contribution in [2.75, 3.05) is 6.61 Å². The average molecular weight is 236 g/mol. The minimum atomic E-state index is -0.693. The van der Waals surface area contributed by atoms with E-state index in [0.717, 1.165) is 12.1 Å². The van der Waals surface area contributed by atoms with Crippen LogP contribution in [0.15, 0.2) is 30.3 Å². The summed E-state index contributed by atoms with van der Waals surface area (Å²) in [5.74, 6) is -0.607. The van der Waals surface area contributed by atoms with Gasteiger partial charge in [0, 0.05) is 0 Å². The molecule has 0 atom stereocenters. The topological polar surface area (TPSA) is 64.6 Å². The number of carbonyl (C=O) groups excluding carboxylic acids is 2. The van der Waals surface area contributed by atoms with Crippen molar-refractivity contribution in [1.82, 2.24) is 5.32 Å². The highest BCUT2D eigenvalue weighted by atomic mass is 16.6. The summed E-state index contributed by atoms with van der Waals surface area (Å²) in [6.45, 7) is 3.02. The molecule has 0 unspecified atom stereocenters. The molecule has 0 spiro atoms. The van der Waals surface area contributed by atoms with Gasteiger partial charge in [0.25, 0.3) is 0 Å². The van der Waals surface area contributed by atoms with Gasteiger partial charge in [-0.15, -0.1) is 0 Å². The van der Waals surface area contributed by atoms with Crippen LogP contribution in [0.3, 0.4) is 0 Å². The van der Waals surface area contributed by atoms with Crippen LogP contribution in [0.25, 0.3) is 0 Å². The number of carbonyl (C=O) groups is 2. The lowest BCUT2D eigenvalue weighted by Crippen LogP contribution is -2.26. The number of hydrogen-bond acceptors (Lipinski definition) is 4. The van der Waals surface area contributed by atoms with Crippen LogP contribution in [-0.2, 0) is 20.9 Å². The van der Waals surface area contributed by atoms with Crippen LogP contribution in [0, 0.1) is 6.54 Å². The van der Waals surface area contributed by atoms with Gasteiger partial charge in [-0.25, -0.2) is 9.59 Å². The lowest BCUT2D eigenvalue weighted by molar-refractivity contribution is -0.139. The monoisotopic (exact) mass is 236 g/mol. The highest BCUT2D eigenvalue weighted by molar-refractivity contribution is 5.83. The zero-order valence-corrected chi connectivity index (χ0v) is 9.51. The van der Waals surface area contributed by atoms with Crippen LogP contribution in [0.2, 0.25) is 0 Å². The first kappa shape index (κ1) is 13.0. The van der Waals surface area contributed by atoms with Gasteiger partial charge in [-0.05, 0) is 12.5 Å². The van der Waals surface area contributed by atoms with Crippen LogP contribution < -0.4 is 5.32 Å². The molecule has 0 aromatic heterocycles. The van der Waals surface area contributed by atoms with Gasteiger partial charge >= 0.3 is 12.1 Å². The summed E-state index contributed by atoms with van der Waals surface area (Å²) >= 11 is 0. The zero-order valence-electron chi connectivity index (χ0n) is 9.51. The van der Waals surface area contributed by atoms with Crippen LogP contribution in [0.5, 0.6) is 0 Å². The van der Waals surface area contributed by atoms with E-state index < -0.39 is 12.1 Å². The fourth-order valence-electron chi connectivity index (χ4n) is 1.07. The van der Waals surface area contributed by atoms with E-state index in [9.17, 15) is 9.59 Å². The van der Waals surface area contributed by atoms with E-state index in [-0.39, 0.29) is 13.2 Å². The Bertz CT molecular complexity index is 364. The maximum atomic E-state index is 11.2. The normalized spacial score (nSPS) is 9.47. The van der Waals surface area contributed by atoms with Crippen LogP contribution in [-0.4, -0.2) is 18.7 Å². The predicted octanol–water partition coefficient (Wildman–Crippen LogP) is 1.64. The maximum Gasteiger partial charge on any atom is 0.408 e. The summed E-state index contributed by atoms with van der Waals surface area (Å²) in [6.07, 6.45) is -0.693. The molecule has 1 rings (SSSR count). The highest BCUT2D eigenvalue weighted by Crippen LogP contribution is 2.00. The van der Waals surface area contributed by atoms with Crippen LogP contribution >= 0.6 is 0 Å². The third-order valence-corrected chi connectivity index (χ3v) is 1.81. The largest absolute Gasteiger partial charge is 0.464 e. The second-order valence-corrected chi connectivity index (χ2v) is 3.10. The smallest absolute Gasteiger partial charge is 0.408 e. The Hall–Kier alpha value is -2.04. The van der Waals surface area contributed by atoms with Crippen molar-refractivity contribution in [3.05, 3.63) is 42.4 Å². The molecule has 0 saturated heterocycles.